The fourth-order valence-electron chi connectivity index (χ4n) is 1.79. The number of hydrogen-bond acceptors (Lipinski definition) is 3. The molecular weight excluding hydrogens is 299 g/mol. The van der Waals surface area contributed by atoms with E-state index in [1.807, 2.05) is 26.4 Å². The van der Waals surface area contributed by atoms with Gasteiger partial charge in [0.1, 0.15) is 5.82 Å². The summed E-state index contributed by atoms with van der Waals surface area (Å²) >= 11 is 0. The second kappa shape index (κ2) is 13.2. The molecule has 0 aromatic carbocycles. The summed E-state index contributed by atoms with van der Waals surface area (Å²) in [4.78, 5) is 15.6. The first-order valence-electron chi connectivity index (χ1n) is 6.63. The normalized spacial score (nSPS) is 9.50. The molecule has 0 fully saturated rings. The Kier molecular flexibility index (Phi) is 14.2. The monoisotopic (exact) mass is 324 g/mol. The minimum Gasteiger partial charge on any atom is -0.356 e. The highest BCUT2D eigenvalue weighted by atomic mass is 35.5. The lowest BCUT2D eigenvalue weighted by Crippen LogP contribution is -2.25. The van der Waals surface area contributed by atoms with Gasteiger partial charge >= 0.3 is 0 Å². The van der Waals surface area contributed by atoms with E-state index in [4.69, 9.17) is 0 Å². The smallest absolute Gasteiger partial charge is 0.220 e. The van der Waals surface area contributed by atoms with E-state index in [0.29, 0.717) is 6.42 Å². The van der Waals surface area contributed by atoms with Crippen LogP contribution in [0.4, 0.5) is 0 Å². The van der Waals surface area contributed by atoms with Crippen molar-refractivity contribution in [3.05, 3.63) is 18.2 Å². The van der Waals surface area contributed by atoms with E-state index in [1.165, 1.54) is 0 Å². The van der Waals surface area contributed by atoms with Gasteiger partial charge in [-0.3, -0.25) is 4.79 Å². The van der Waals surface area contributed by atoms with Gasteiger partial charge in [-0.1, -0.05) is 0 Å². The van der Waals surface area contributed by atoms with Crippen molar-refractivity contribution in [2.75, 3.05) is 20.1 Å². The molecule has 0 aliphatic heterocycles. The number of hydrogen-bond donors (Lipinski definition) is 2. The van der Waals surface area contributed by atoms with Crippen molar-refractivity contribution in [2.45, 2.75) is 39.2 Å². The summed E-state index contributed by atoms with van der Waals surface area (Å²) in [6.45, 7) is 4.64. The van der Waals surface area contributed by atoms with Crippen molar-refractivity contribution in [1.29, 1.82) is 0 Å². The maximum atomic E-state index is 11.4. The van der Waals surface area contributed by atoms with E-state index in [2.05, 4.69) is 20.2 Å². The third-order valence-corrected chi connectivity index (χ3v) is 2.90. The molecule has 0 spiro atoms. The maximum absolute atomic E-state index is 11.4. The maximum Gasteiger partial charge on any atom is 0.220 e. The Morgan fingerprint density at radius 2 is 2.00 bits per heavy atom. The first kappa shape index (κ1) is 21.5. The Morgan fingerprint density at radius 1 is 1.25 bits per heavy atom. The minimum atomic E-state index is 0. The number of rotatable bonds is 9. The molecule has 1 aromatic rings. The number of nitrogens with zero attached hydrogens (tertiary/aromatic N) is 2. The van der Waals surface area contributed by atoms with E-state index in [0.717, 1.165) is 44.7 Å². The molecule has 5 nitrogen and oxygen atoms in total. The lowest BCUT2D eigenvalue weighted by atomic mass is 10.2. The first-order valence-corrected chi connectivity index (χ1v) is 6.63. The van der Waals surface area contributed by atoms with Crippen LogP contribution in [0.3, 0.4) is 0 Å². The van der Waals surface area contributed by atoms with Crippen molar-refractivity contribution in [3.63, 3.8) is 0 Å². The number of imidazole rings is 1. The predicted molar refractivity (Wildman–Crippen MR) is 86.9 cm³/mol. The van der Waals surface area contributed by atoms with Gasteiger partial charge in [-0.05, 0) is 39.8 Å². The van der Waals surface area contributed by atoms with E-state index in [1.54, 1.807) is 0 Å². The number of unbranched alkanes of at least 4 members (excludes halogenated alkanes) is 1. The molecule has 0 saturated carbocycles. The van der Waals surface area contributed by atoms with Gasteiger partial charge in [0.15, 0.2) is 0 Å². The number of amides is 1. The van der Waals surface area contributed by atoms with Crippen LogP contribution in [-0.2, 0) is 11.3 Å². The molecule has 0 saturated heterocycles. The number of aromatic nitrogens is 2. The average Bonchev–Trinajstić information content (AvgIpc) is 2.75. The number of aryl methyl sites for hydroxylation is 2. The van der Waals surface area contributed by atoms with Gasteiger partial charge in [0.25, 0.3) is 0 Å². The summed E-state index contributed by atoms with van der Waals surface area (Å²) in [5.74, 6) is 1.20. The highest BCUT2D eigenvalue weighted by Crippen LogP contribution is 1.99. The molecular formula is C13H26Cl2N4O. The summed E-state index contributed by atoms with van der Waals surface area (Å²) in [6, 6.07) is 0. The van der Waals surface area contributed by atoms with E-state index in [-0.39, 0.29) is 30.7 Å². The molecule has 1 heterocycles. The fourth-order valence-corrected chi connectivity index (χ4v) is 1.79. The summed E-state index contributed by atoms with van der Waals surface area (Å²) in [6.07, 6.45) is 7.39. The topological polar surface area (TPSA) is 59.0 Å². The number of nitrogens with one attached hydrogen (secondary N) is 2. The van der Waals surface area contributed by atoms with Crippen molar-refractivity contribution < 1.29 is 4.79 Å². The van der Waals surface area contributed by atoms with Crippen molar-refractivity contribution in [2.24, 2.45) is 0 Å². The van der Waals surface area contributed by atoms with Gasteiger partial charge in [-0.25, -0.2) is 4.98 Å². The quantitative estimate of drug-likeness (QED) is 0.682. The second-order valence-electron chi connectivity index (χ2n) is 4.43. The minimum absolute atomic E-state index is 0. The summed E-state index contributed by atoms with van der Waals surface area (Å²) in [5.41, 5.74) is 0. The molecule has 0 atom stereocenters. The highest BCUT2D eigenvalue weighted by molar-refractivity contribution is 5.85. The molecule has 1 amide bonds. The van der Waals surface area contributed by atoms with Gasteiger partial charge in [0, 0.05) is 31.9 Å². The van der Waals surface area contributed by atoms with Crippen LogP contribution < -0.4 is 10.6 Å². The molecule has 0 unspecified atom stereocenters. The van der Waals surface area contributed by atoms with E-state index in [9.17, 15) is 4.79 Å². The SMILES string of the molecule is CNCCCC(=O)NCCCCn1ccnc1C.Cl.Cl. The van der Waals surface area contributed by atoms with Crippen LogP contribution in [0.2, 0.25) is 0 Å². The molecule has 2 N–H and O–H groups in total. The van der Waals surface area contributed by atoms with Crippen LogP contribution >= 0.6 is 24.8 Å². The molecule has 7 heteroatoms. The van der Waals surface area contributed by atoms with Crippen molar-refractivity contribution in [1.82, 2.24) is 20.2 Å². The van der Waals surface area contributed by atoms with Crippen LogP contribution in [-0.4, -0.2) is 35.6 Å². The fraction of sp³-hybridized carbons (Fsp3) is 0.692. The Balaban J connectivity index is 0. The lowest BCUT2D eigenvalue weighted by molar-refractivity contribution is -0.121. The first-order chi connectivity index (χ1) is 8.74. The third-order valence-electron chi connectivity index (χ3n) is 2.90. The van der Waals surface area contributed by atoms with Crippen LogP contribution in [0.5, 0.6) is 0 Å². The Hall–Kier alpha value is -0.780. The Labute approximate surface area is 133 Å². The molecule has 118 valence electrons. The van der Waals surface area contributed by atoms with Crippen LogP contribution in [0, 0.1) is 6.92 Å². The van der Waals surface area contributed by atoms with Gasteiger partial charge in [-0.2, -0.15) is 0 Å². The number of carbonyl (C=O) groups excluding carboxylic acids is 1. The predicted octanol–water partition coefficient (Wildman–Crippen LogP) is 1.93. The van der Waals surface area contributed by atoms with Crippen molar-refractivity contribution >= 4 is 30.7 Å². The zero-order valence-corrected chi connectivity index (χ0v) is 13.9. The molecule has 0 aliphatic rings. The van der Waals surface area contributed by atoms with Crippen LogP contribution in [0.15, 0.2) is 12.4 Å². The van der Waals surface area contributed by atoms with Crippen LogP contribution in [0.1, 0.15) is 31.5 Å². The lowest BCUT2D eigenvalue weighted by Gasteiger charge is -2.06. The molecule has 1 rings (SSSR count). The van der Waals surface area contributed by atoms with Gasteiger partial charge in [0.2, 0.25) is 5.91 Å². The van der Waals surface area contributed by atoms with Crippen molar-refractivity contribution in [3.8, 4) is 0 Å². The van der Waals surface area contributed by atoms with Gasteiger partial charge in [-0.15, -0.1) is 24.8 Å². The summed E-state index contributed by atoms with van der Waals surface area (Å²) < 4.78 is 2.13. The number of carbonyl (C=O) groups is 1. The summed E-state index contributed by atoms with van der Waals surface area (Å²) in [5, 5.41) is 5.98. The Morgan fingerprint density at radius 3 is 2.60 bits per heavy atom. The van der Waals surface area contributed by atoms with Crippen LogP contribution in [0.25, 0.3) is 0 Å². The summed E-state index contributed by atoms with van der Waals surface area (Å²) in [7, 11) is 1.90. The molecule has 0 radical (unpaired) electrons. The molecule has 0 bridgehead atoms. The molecule has 20 heavy (non-hydrogen) atoms. The average molecular weight is 325 g/mol. The van der Waals surface area contributed by atoms with E-state index >= 15 is 0 Å². The second-order valence-corrected chi connectivity index (χ2v) is 4.43. The molecule has 0 aliphatic carbocycles. The Bertz CT molecular complexity index is 358. The van der Waals surface area contributed by atoms with Gasteiger partial charge in [0.05, 0.1) is 0 Å². The van der Waals surface area contributed by atoms with Gasteiger partial charge < -0.3 is 15.2 Å². The third kappa shape index (κ3) is 9.18. The molecule has 1 aromatic heterocycles. The zero-order valence-electron chi connectivity index (χ0n) is 12.2. The van der Waals surface area contributed by atoms with E-state index < -0.39 is 0 Å². The largest absolute Gasteiger partial charge is 0.356 e. The number of halogens is 2. The standard InChI is InChI=1S/C13H24N4O.2ClH/c1-12-15-9-11-17(12)10-4-3-8-16-13(18)6-5-7-14-2;;/h9,11,14H,3-8,10H2,1-2H3,(H,16,18);2*1H. The highest BCUT2D eigenvalue weighted by Gasteiger charge is 2.00. The zero-order chi connectivity index (χ0) is 13.2.